The van der Waals surface area contributed by atoms with Crippen molar-refractivity contribution in [1.82, 2.24) is 4.90 Å². The van der Waals surface area contributed by atoms with Crippen molar-refractivity contribution < 1.29 is 4.74 Å². The highest BCUT2D eigenvalue weighted by atomic mass is 79.9. The molecule has 0 spiro atoms. The van der Waals surface area contributed by atoms with Gasteiger partial charge in [0, 0.05) is 30.1 Å². The zero-order valence-electron chi connectivity index (χ0n) is 11.1. The van der Waals surface area contributed by atoms with Crippen LogP contribution in [-0.2, 0) is 4.74 Å². The first-order valence-corrected chi connectivity index (χ1v) is 7.83. The van der Waals surface area contributed by atoms with Gasteiger partial charge in [0.25, 0.3) is 0 Å². The van der Waals surface area contributed by atoms with Crippen LogP contribution in [0, 0.1) is 0 Å². The molecule has 0 saturated carbocycles. The van der Waals surface area contributed by atoms with E-state index in [1.54, 1.807) is 0 Å². The zero-order chi connectivity index (χ0) is 13.8. The Labute approximate surface area is 128 Å². The van der Waals surface area contributed by atoms with Crippen molar-refractivity contribution in [1.29, 1.82) is 0 Å². The van der Waals surface area contributed by atoms with Crippen LogP contribution >= 0.6 is 27.5 Å². The Morgan fingerprint density at radius 3 is 3.00 bits per heavy atom. The van der Waals surface area contributed by atoms with Crippen LogP contribution in [0.2, 0.25) is 5.02 Å². The number of hydrogen-bond acceptors (Lipinski definition) is 3. The van der Waals surface area contributed by atoms with E-state index in [1.165, 1.54) is 5.56 Å². The summed E-state index contributed by atoms with van der Waals surface area (Å²) in [4.78, 5) is 2.40. The molecule has 1 saturated heterocycles. The van der Waals surface area contributed by atoms with Crippen molar-refractivity contribution in [3.05, 3.63) is 33.3 Å². The summed E-state index contributed by atoms with van der Waals surface area (Å²) in [5, 5.41) is 0.733. The Kier molecular flexibility index (Phi) is 5.66. The number of morpholine rings is 1. The maximum atomic E-state index is 6.18. The quantitative estimate of drug-likeness (QED) is 0.909. The molecular formula is C14H20BrClN2O. The fourth-order valence-corrected chi connectivity index (χ4v) is 2.92. The molecule has 1 aromatic rings. The van der Waals surface area contributed by atoms with Gasteiger partial charge in [-0.2, -0.15) is 0 Å². The van der Waals surface area contributed by atoms with Gasteiger partial charge in [-0.05, 0) is 40.0 Å². The highest BCUT2D eigenvalue weighted by molar-refractivity contribution is 9.10. The SMILES string of the molecule is CCC1CN(C(CN)c2ccc(Br)c(Cl)c2)CCO1. The lowest BCUT2D eigenvalue weighted by Gasteiger charge is -2.38. The minimum atomic E-state index is 0.212. The first-order valence-electron chi connectivity index (χ1n) is 6.66. The van der Waals surface area contributed by atoms with Crippen molar-refractivity contribution in [2.24, 2.45) is 5.73 Å². The summed E-state index contributed by atoms with van der Waals surface area (Å²) in [6, 6.07) is 6.28. The molecule has 2 unspecified atom stereocenters. The average Bonchev–Trinajstić information content (AvgIpc) is 2.44. The second-order valence-electron chi connectivity index (χ2n) is 4.82. The van der Waals surface area contributed by atoms with Crippen LogP contribution < -0.4 is 5.73 Å². The van der Waals surface area contributed by atoms with Gasteiger partial charge in [-0.25, -0.2) is 0 Å². The van der Waals surface area contributed by atoms with E-state index in [1.807, 2.05) is 12.1 Å². The molecule has 1 aliphatic rings. The molecule has 2 N–H and O–H groups in total. The van der Waals surface area contributed by atoms with Crippen molar-refractivity contribution in [3.8, 4) is 0 Å². The van der Waals surface area contributed by atoms with Crippen LogP contribution in [-0.4, -0.2) is 37.2 Å². The van der Waals surface area contributed by atoms with Crippen LogP contribution in [0.5, 0.6) is 0 Å². The molecule has 0 aromatic heterocycles. The average molecular weight is 348 g/mol. The molecule has 1 heterocycles. The van der Waals surface area contributed by atoms with E-state index in [2.05, 4.69) is 33.8 Å². The van der Waals surface area contributed by atoms with Gasteiger partial charge in [0.15, 0.2) is 0 Å². The number of ether oxygens (including phenoxy) is 1. The van der Waals surface area contributed by atoms with Gasteiger partial charge in [-0.1, -0.05) is 24.6 Å². The third-order valence-electron chi connectivity index (χ3n) is 3.62. The third kappa shape index (κ3) is 3.70. The minimum absolute atomic E-state index is 0.212. The highest BCUT2D eigenvalue weighted by Crippen LogP contribution is 2.29. The van der Waals surface area contributed by atoms with Gasteiger partial charge in [0.1, 0.15) is 0 Å². The molecule has 0 radical (unpaired) electrons. The molecule has 2 atom stereocenters. The maximum absolute atomic E-state index is 6.18. The molecule has 2 rings (SSSR count). The Bertz CT molecular complexity index is 430. The molecule has 3 nitrogen and oxygen atoms in total. The normalized spacial score (nSPS) is 22.4. The molecule has 1 fully saturated rings. The van der Waals surface area contributed by atoms with E-state index in [0.717, 1.165) is 35.6 Å². The minimum Gasteiger partial charge on any atom is -0.376 e. The fraction of sp³-hybridized carbons (Fsp3) is 0.571. The lowest BCUT2D eigenvalue weighted by atomic mass is 10.0. The summed E-state index contributed by atoms with van der Waals surface area (Å²) in [6.45, 7) is 5.38. The van der Waals surface area contributed by atoms with Gasteiger partial charge < -0.3 is 10.5 Å². The van der Waals surface area contributed by atoms with E-state index in [9.17, 15) is 0 Å². The molecular weight excluding hydrogens is 328 g/mol. The predicted octanol–water partition coefficient (Wildman–Crippen LogP) is 3.21. The van der Waals surface area contributed by atoms with Crippen molar-refractivity contribution in [2.45, 2.75) is 25.5 Å². The molecule has 1 aromatic carbocycles. The van der Waals surface area contributed by atoms with Crippen LogP contribution in [0.3, 0.4) is 0 Å². The number of halogens is 2. The predicted molar refractivity (Wildman–Crippen MR) is 82.6 cm³/mol. The Morgan fingerprint density at radius 2 is 2.37 bits per heavy atom. The second kappa shape index (κ2) is 7.04. The largest absolute Gasteiger partial charge is 0.376 e. The third-order valence-corrected chi connectivity index (χ3v) is 4.85. The fourth-order valence-electron chi connectivity index (χ4n) is 2.49. The molecule has 0 amide bonds. The van der Waals surface area contributed by atoms with E-state index in [0.29, 0.717) is 12.6 Å². The zero-order valence-corrected chi connectivity index (χ0v) is 13.5. The summed E-state index contributed by atoms with van der Waals surface area (Å²) in [7, 11) is 0. The Balaban J connectivity index is 2.16. The van der Waals surface area contributed by atoms with E-state index < -0.39 is 0 Å². The smallest absolute Gasteiger partial charge is 0.0700 e. The standard InChI is InChI=1S/C14H20BrClN2O/c1-2-11-9-18(5-6-19-11)14(8-17)10-3-4-12(15)13(16)7-10/h3-4,7,11,14H,2,5-6,8-9,17H2,1H3. The lowest BCUT2D eigenvalue weighted by molar-refractivity contribution is -0.0437. The van der Waals surface area contributed by atoms with E-state index >= 15 is 0 Å². The lowest BCUT2D eigenvalue weighted by Crippen LogP contribution is -2.46. The van der Waals surface area contributed by atoms with E-state index in [4.69, 9.17) is 22.1 Å². The molecule has 5 heteroatoms. The Morgan fingerprint density at radius 1 is 1.58 bits per heavy atom. The topological polar surface area (TPSA) is 38.5 Å². The molecule has 0 bridgehead atoms. The summed E-state index contributed by atoms with van der Waals surface area (Å²) < 4.78 is 6.63. The molecule has 0 aliphatic carbocycles. The van der Waals surface area contributed by atoms with Gasteiger partial charge in [-0.15, -0.1) is 0 Å². The highest BCUT2D eigenvalue weighted by Gasteiger charge is 2.26. The van der Waals surface area contributed by atoms with Crippen molar-refractivity contribution in [3.63, 3.8) is 0 Å². The van der Waals surface area contributed by atoms with Gasteiger partial charge in [-0.3, -0.25) is 4.90 Å². The Hall–Kier alpha value is -0.130. The van der Waals surface area contributed by atoms with Crippen LogP contribution in [0.15, 0.2) is 22.7 Å². The number of hydrogen-bond donors (Lipinski definition) is 1. The number of rotatable bonds is 4. The molecule has 19 heavy (non-hydrogen) atoms. The van der Waals surface area contributed by atoms with Crippen LogP contribution in [0.1, 0.15) is 24.9 Å². The number of benzene rings is 1. The van der Waals surface area contributed by atoms with Gasteiger partial charge in [0.05, 0.1) is 17.7 Å². The first kappa shape index (κ1) is 15.3. The summed E-state index contributed by atoms with van der Waals surface area (Å²) >= 11 is 9.60. The van der Waals surface area contributed by atoms with Gasteiger partial charge in [0.2, 0.25) is 0 Å². The molecule has 1 aliphatic heterocycles. The van der Waals surface area contributed by atoms with Crippen LogP contribution in [0.4, 0.5) is 0 Å². The van der Waals surface area contributed by atoms with Crippen molar-refractivity contribution >= 4 is 27.5 Å². The maximum Gasteiger partial charge on any atom is 0.0700 e. The second-order valence-corrected chi connectivity index (χ2v) is 6.08. The number of nitrogens with zero attached hydrogens (tertiary/aromatic N) is 1. The van der Waals surface area contributed by atoms with Gasteiger partial charge >= 0.3 is 0 Å². The summed E-state index contributed by atoms with van der Waals surface area (Å²) in [5.41, 5.74) is 7.15. The summed E-state index contributed by atoms with van der Waals surface area (Å²) in [6.07, 6.45) is 1.35. The number of nitrogens with two attached hydrogens (primary N) is 1. The van der Waals surface area contributed by atoms with Crippen molar-refractivity contribution in [2.75, 3.05) is 26.2 Å². The first-order chi connectivity index (χ1) is 9.15. The molecule has 106 valence electrons. The van der Waals surface area contributed by atoms with E-state index in [-0.39, 0.29) is 6.04 Å². The monoisotopic (exact) mass is 346 g/mol. The summed E-state index contributed by atoms with van der Waals surface area (Å²) in [5.74, 6) is 0. The van der Waals surface area contributed by atoms with Crippen LogP contribution in [0.25, 0.3) is 0 Å².